The van der Waals surface area contributed by atoms with E-state index in [2.05, 4.69) is 21.5 Å². The molecule has 0 N–H and O–H groups in total. The van der Waals surface area contributed by atoms with E-state index in [-0.39, 0.29) is 28.8 Å². The first-order valence-corrected chi connectivity index (χ1v) is 12.9. The number of fused-ring (bicyclic) bond motifs is 1. The van der Waals surface area contributed by atoms with Gasteiger partial charge in [-0.3, -0.25) is 9.78 Å². The number of anilines is 1. The molecule has 40 heavy (non-hydrogen) atoms. The van der Waals surface area contributed by atoms with Crippen molar-refractivity contribution in [2.75, 3.05) is 24.5 Å². The molecule has 1 unspecified atom stereocenters. The van der Waals surface area contributed by atoms with Crippen LogP contribution < -0.4 is 10.6 Å². The number of amides is 1. The molecule has 1 amide bonds. The molecular formula is C29H27F3N6O2. The number of aryl methyl sites for hydroxylation is 2. The van der Waals surface area contributed by atoms with Crippen molar-refractivity contribution in [1.29, 1.82) is 0 Å². The molecule has 0 aliphatic carbocycles. The van der Waals surface area contributed by atoms with Crippen molar-refractivity contribution in [3.8, 4) is 16.9 Å². The van der Waals surface area contributed by atoms with Crippen LogP contribution in [0.25, 0.3) is 28.0 Å². The summed E-state index contributed by atoms with van der Waals surface area (Å²) in [6, 6.07) is 5.74. The zero-order chi connectivity index (χ0) is 28.7. The number of carbonyl (C=O) groups excluding carboxylic acids is 1. The molecule has 1 atom stereocenters. The zero-order valence-electron chi connectivity index (χ0n) is 22.3. The van der Waals surface area contributed by atoms with Gasteiger partial charge in [0.05, 0.1) is 22.3 Å². The van der Waals surface area contributed by atoms with Gasteiger partial charge in [-0.25, -0.2) is 27.5 Å². The number of pyridine rings is 2. The van der Waals surface area contributed by atoms with Crippen LogP contribution in [0.1, 0.15) is 25.1 Å². The third kappa shape index (κ3) is 4.51. The summed E-state index contributed by atoms with van der Waals surface area (Å²) in [5.41, 5.74) is -0.231. The highest BCUT2D eigenvalue weighted by molar-refractivity contribution is 5.91. The van der Waals surface area contributed by atoms with Crippen LogP contribution in [-0.2, 0) is 11.2 Å². The number of rotatable bonds is 5. The van der Waals surface area contributed by atoms with Gasteiger partial charge in [0, 0.05) is 31.9 Å². The van der Waals surface area contributed by atoms with E-state index in [0.717, 1.165) is 18.2 Å². The standard InChI is InChI=1S/C29H27F3N6O2/c1-5-22-26(16(3)10-11-33-22)38-28-18(14-21(32)25(34-28)24-19(30)8-7-9-20(24)31)27(35-29(38)40)37-13-12-36(15-17(37)4)23(39)6-2/h6-11,14,17H,2,5,12-13,15H2,1,3-4H3. The lowest BCUT2D eigenvalue weighted by Gasteiger charge is -2.40. The molecule has 8 nitrogen and oxygen atoms in total. The number of halogens is 3. The number of piperazine rings is 1. The van der Waals surface area contributed by atoms with Crippen molar-refractivity contribution in [3.63, 3.8) is 0 Å². The summed E-state index contributed by atoms with van der Waals surface area (Å²) in [5.74, 6) is -3.00. The summed E-state index contributed by atoms with van der Waals surface area (Å²) < 4.78 is 46.4. The molecular weight excluding hydrogens is 521 g/mol. The largest absolute Gasteiger partial charge is 0.355 e. The average Bonchev–Trinajstić information content (AvgIpc) is 2.93. The highest BCUT2D eigenvalue weighted by Gasteiger charge is 2.30. The number of hydrogen-bond acceptors (Lipinski definition) is 6. The molecule has 0 bridgehead atoms. The lowest BCUT2D eigenvalue weighted by molar-refractivity contribution is -0.126. The Kier molecular flexibility index (Phi) is 7.14. The van der Waals surface area contributed by atoms with Gasteiger partial charge in [-0.05, 0) is 56.2 Å². The second-order valence-corrected chi connectivity index (χ2v) is 9.65. The van der Waals surface area contributed by atoms with Crippen molar-refractivity contribution in [2.45, 2.75) is 33.2 Å². The molecule has 0 saturated carbocycles. The Morgan fingerprint density at radius 1 is 1.12 bits per heavy atom. The van der Waals surface area contributed by atoms with Gasteiger partial charge in [0.15, 0.2) is 11.5 Å². The Hall–Kier alpha value is -4.54. The van der Waals surface area contributed by atoms with E-state index in [1.165, 1.54) is 16.7 Å². The van der Waals surface area contributed by atoms with Crippen LogP contribution in [0.5, 0.6) is 0 Å². The van der Waals surface area contributed by atoms with Crippen LogP contribution in [-0.4, -0.2) is 56.0 Å². The summed E-state index contributed by atoms with van der Waals surface area (Å²) in [6.07, 6.45) is 3.33. The van der Waals surface area contributed by atoms with E-state index in [1.807, 2.05) is 18.7 Å². The van der Waals surface area contributed by atoms with Crippen molar-refractivity contribution >= 4 is 22.8 Å². The van der Waals surface area contributed by atoms with E-state index >= 15 is 4.39 Å². The van der Waals surface area contributed by atoms with Gasteiger partial charge in [-0.1, -0.05) is 19.6 Å². The van der Waals surface area contributed by atoms with E-state index in [1.54, 1.807) is 24.1 Å². The first kappa shape index (κ1) is 27.0. The van der Waals surface area contributed by atoms with Crippen LogP contribution in [0.4, 0.5) is 19.0 Å². The fourth-order valence-corrected chi connectivity index (χ4v) is 5.20. The summed E-state index contributed by atoms with van der Waals surface area (Å²) in [7, 11) is 0. The molecule has 11 heteroatoms. The van der Waals surface area contributed by atoms with Gasteiger partial charge in [-0.2, -0.15) is 4.98 Å². The van der Waals surface area contributed by atoms with Crippen LogP contribution in [0.2, 0.25) is 0 Å². The quantitative estimate of drug-likeness (QED) is 0.345. The van der Waals surface area contributed by atoms with Gasteiger partial charge >= 0.3 is 5.69 Å². The maximum absolute atomic E-state index is 15.7. The Balaban J connectivity index is 1.82. The monoisotopic (exact) mass is 548 g/mol. The summed E-state index contributed by atoms with van der Waals surface area (Å²) in [4.78, 5) is 42.5. The normalized spacial score (nSPS) is 15.5. The zero-order valence-corrected chi connectivity index (χ0v) is 22.3. The Morgan fingerprint density at radius 3 is 2.50 bits per heavy atom. The van der Waals surface area contributed by atoms with Crippen LogP contribution in [0.15, 0.2) is 54.0 Å². The van der Waals surface area contributed by atoms with Crippen molar-refractivity contribution in [3.05, 3.63) is 88.4 Å². The number of hydrogen-bond donors (Lipinski definition) is 0. The first-order valence-electron chi connectivity index (χ1n) is 12.9. The molecule has 1 saturated heterocycles. The van der Waals surface area contributed by atoms with Gasteiger partial charge in [0.25, 0.3) is 0 Å². The summed E-state index contributed by atoms with van der Waals surface area (Å²) >= 11 is 0. The predicted octanol–water partition coefficient (Wildman–Crippen LogP) is 4.35. The third-order valence-corrected chi connectivity index (χ3v) is 7.15. The first-order chi connectivity index (χ1) is 19.2. The molecule has 5 rings (SSSR count). The fraction of sp³-hybridized carbons (Fsp3) is 0.276. The molecule has 4 heterocycles. The van der Waals surface area contributed by atoms with Gasteiger partial charge in [-0.15, -0.1) is 0 Å². The lowest BCUT2D eigenvalue weighted by atomic mass is 10.1. The molecule has 1 aromatic carbocycles. The van der Waals surface area contributed by atoms with Crippen molar-refractivity contribution in [1.82, 2.24) is 24.4 Å². The van der Waals surface area contributed by atoms with Crippen molar-refractivity contribution in [2.24, 2.45) is 0 Å². The minimum absolute atomic E-state index is 0.0170. The summed E-state index contributed by atoms with van der Waals surface area (Å²) in [5, 5.41) is 0.179. The van der Waals surface area contributed by atoms with E-state index in [4.69, 9.17) is 0 Å². The minimum Gasteiger partial charge on any atom is -0.350 e. The van der Waals surface area contributed by atoms with Crippen LogP contribution >= 0.6 is 0 Å². The number of carbonyl (C=O) groups is 1. The second kappa shape index (κ2) is 10.6. The van der Waals surface area contributed by atoms with Gasteiger partial charge in [0.2, 0.25) is 5.91 Å². The van der Waals surface area contributed by atoms with Gasteiger partial charge < -0.3 is 9.80 Å². The molecule has 1 fully saturated rings. The molecule has 206 valence electrons. The molecule has 4 aromatic rings. The number of aromatic nitrogens is 4. The Bertz CT molecular complexity index is 1700. The van der Waals surface area contributed by atoms with Crippen LogP contribution in [0.3, 0.4) is 0 Å². The van der Waals surface area contributed by atoms with E-state index < -0.39 is 34.4 Å². The number of nitrogens with zero attached hydrogens (tertiary/aromatic N) is 6. The predicted molar refractivity (Wildman–Crippen MR) is 146 cm³/mol. The number of benzene rings is 1. The Morgan fingerprint density at radius 2 is 1.85 bits per heavy atom. The second-order valence-electron chi connectivity index (χ2n) is 9.65. The molecule has 1 aliphatic heterocycles. The van der Waals surface area contributed by atoms with Crippen LogP contribution in [0, 0.1) is 24.4 Å². The van der Waals surface area contributed by atoms with Gasteiger partial charge in [0.1, 0.15) is 23.1 Å². The maximum Gasteiger partial charge on any atom is 0.355 e. The Labute approximate surface area is 228 Å². The summed E-state index contributed by atoms with van der Waals surface area (Å²) in [6.45, 7) is 10.0. The average molecular weight is 549 g/mol. The molecule has 1 aliphatic rings. The highest BCUT2D eigenvalue weighted by Crippen LogP contribution is 2.34. The van der Waals surface area contributed by atoms with E-state index in [9.17, 15) is 18.4 Å². The topological polar surface area (TPSA) is 84.2 Å². The third-order valence-electron chi connectivity index (χ3n) is 7.15. The molecule has 3 aromatic heterocycles. The minimum atomic E-state index is -0.989. The van der Waals surface area contributed by atoms with Crippen molar-refractivity contribution < 1.29 is 18.0 Å². The smallest absolute Gasteiger partial charge is 0.350 e. The fourth-order valence-electron chi connectivity index (χ4n) is 5.20. The lowest BCUT2D eigenvalue weighted by Crippen LogP contribution is -2.54. The van der Waals surface area contributed by atoms with E-state index in [0.29, 0.717) is 43.0 Å². The maximum atomic E-state index is 15.7. The molecule has 0 radical (unpaired) electrons. The molecule has 0 spiro atoms. The SMILES string of the molecule is C=CC(=O)N1CCN(c2nc(=O)n(-c3c(C)ccnc3CC)c3nc(-c4c(F)cccc4F)c(F)cc23)C(C)C1. The highest BCUT2D eigenvalue weighted by atomic mass is 19.1.